The van der Waals surface area contributed by atoms with Crippen LogP contribution in [-0.2, 0) is 0 Å². The molecule has 2 amide bonds. The summed E-state index contributed by atoms with van der Waals surface area (Å²) in [5.41, 5.74) is 1.64. The van der Waals surface area contributed by atoms with Gasteiger partial charge in [-0.1, -0.05) is 29.8 Å². The van der Waals surface area contributed by atoms with Gasteiger partial charge >= 0.3 is 6.03 Å². The lowest BCUT2D eigenvalue weighted by molar-refractivity contribution is 0.141. The van der Waals surface area contributed by atoms with Gasteiger partial charge in [0, 0.05) is 49.2 Å². The van der Waals surface area contributed by atoms with Crippen molar-refractivity contribution >= 4 is 23.3 Å². The first kappa shape index (κ1) is 18.6. The van der Waals surface area contributed by atoms with E-state index < -0.39 is 0 Å². The Morgan fingerprint density at radius 1 is 1.27 bits per heavy atom. The summed E-state index contributed by atoms with van der Waals surface area (Å²) < 4.78 is 0. The third-order valence-corrected chi connectivity index (χ3v) is 4.82. The summed E-state index contributed by atoms with van der Waals surface area (Å²) in [5.74, 6) is 0.0362. The lowest BCUT2D eigenvalue weighted by Crippen LogP contribution is -2.51. The number of hydrogen-bond donors (Lipinski definition) is 3. The molecule has 3 rings (SSSR count). The van der Waals surface area contributed by atoms with Crippen molar-refractivity contribution in [3.63, 3.8) is 0 Å². The van der Waals surface area contributed by atoms with Gasteiger partial charge in [0.2, 0.25) is 0 Å². The summed E-state index contributed by atoms with van der Waals surface area (Å²) in [4.78, 5) is 19.0. The topological polar surface area (TPSA) is 77.5 Å². The number of urea groups is 1. The van der Waals surface area contributed by atoms with Crippen LogP contribution >= 0.6 is 11.6 Å². The number of pyridine rings is 1. The molecule has 0 aliphatic carbocycles. The molecule has 7 heteroatoms. The van der Waals surface area contributed by atoms with Crippen molar-refractivity contribution in [2.75, 3.05) is 31.6 Å². The molecule has 1 fully saturated rings. The smallest absolute Gasteiger partial charge is 0.319 e. The van der Waals surface area contributed by atoms with Gasteiger partial charge in [0.25, 0.3) is 0 Å². The van der Waals surface area contributed by atoms with Gasteiger partial charge in [-0.05, 0) is 30.7 Å². The Hall–Kier alpha value is -2.15. The molecule has 0 bridgehead atoms. The summed E-state index contributed by atoms with van der Waals surface area (Å²) in [7, 11) is 0. The molecule has 2 unspecified atom stereocenters. The van der Waals surface area contributed by atoms with Crippen molar-refractivity contribution in [1.82, 2.24) is 15.2 Å². The maximum atomic E-state index is 12.4. The zero-order chi connectivity index (χ0) is 18.4. The monoisotopic (exact) mass is 374 g/mol. The van der Waals surface area contributed by atoms with Crippen LogP contribution in [0.3, 0.4) is 0 Å². The number of β-amino-alcohol motifs (C(OH)–C–C–N with tert-alkyl or cyclic N) is 1. The van der Waals surface area contributed by atoms with Gasteiger partial charge in [0.1, 0.15) is 0 Å². The average molecular weight is 375 g/mol. The fraction of sp³-hybridized carbons (Fsp3) is 0.368. The molecule has 0 radical (unpaired) electrons. The summed E-state index contributed by atoms with van der Waals surface area (Å²) in [5, 5.41) is 15.8. The van der Waals surface area contributed by atoms with Crippen LogP contribution in [-0.4, -0.2) is 53.3 Å². The van der Waals surface area contributed by atoms with Crippen molar-refractivity contribution in [2.45, 2.75) is 18.4 Å². The molecule has 1 saturated heterocycles. The van der Waals surface area contributed by atoms with Gasteiger partial charge in [0.15, 0.2) is 0 Å². The molecule has 2 heterocycles. The molecule has 1 aromatic carbocycles. The van der Waals surface area contributed by atoms with E-state index in [-0.39, 0.29) is 24.6 Å². The zero-order valence-electron chi connectivity index (χ0n) is 14.4. The molecule has 1 aromatic heterocycles. The SMILES string of the molecule is O=C(Nc1ccccc1)NC1CCN(CCO)CC1c1ccc(Cl)cn1. The Labute approximate surface area is 158 Å². The predicted molar refractivity (Wildman–Crippen MR) is 103 cm³/mol. The van der Waals surface area contributed by atoms with Gasteiger partial charge in [-0.3, -0.25) is 4.98 Å². The second-order valence-corrected chi connectivity index (χ2v) is 6.83. The van der Waals surface area contributed by atoms with Crippen LogP contribution in [0.4, 0.5) is 10.5 Å². The Balaban J connectivity index is 1.70. The Morgan fingerprint density at radius 2 is 2.08 bits per heavy atom. The molecule has 1 aliphatic rings. The van der Waals surface area contributed by atoms with Crippen molar-refractivity contribution < 1.29 is 9.90 Å². The van der Waals surface area contributed by atoms with Gasteiger partial charge in [0.05, 0.1) is 11.6 Å². The van der Waals surface area contributed by atoms with E-state index in [9.17, 15) is 9.90 Å². The number of aliphatic hydroxyl groups is 1. The quantitative estimate of drug-likeness (QED) is 0.752. The fourth-order valence-electron chi connectivity index (χ4n) is 3.30. The number of benzene rings is 1. The number of carbonyl (C=O) groups is 1. The first-order chi connectivity index (χ1) is 12.7. The molecule has 3 N–H and O–H groups in total. The minimum Gasteiger partial charge on any atom is -0.395 e. The number of aromatic nitrogens is 1. The number of halogens is 1. The molecule has 1 aliphatic heterocycles. The highest BCUT2D eigenvalue weighted by Gasteiger charge is 2.32. The van der Waals surface area contributed by atoms with Crippen molar-refractivity contribution in [1.29, 1.82) is 0 Å². The van der Waals surface area contributed by atoms with Crippen LogP contribution < -0.4 is 10.6 Å². The maximum absolute atomic E-state index is 12.4. The number of rotatable bonds is 5. The Morgan fingerprint density at radius 3 is 2.77 bits per heavy atom. The predicted octanol–water partition coefficient (Wildman–Crippen LogP) is 2.71. The van der Waals surface area contributed by atoms with Crippen molar-refractivity contribution in [3.05, 3.63) is 59.4 Å². The number of piperidine rings is 1. The first-order valence-electron chi connectivity index (χ1n) is 8.73. The minimum absolute atomic E-state index is 0.0362. The third kappa shape index (κ3) is 4.94. The van der Waals surface area contributed by atoms with Crippen LogP contribution in [0.25, 0.3) is 0 Å². The molecule has 2 aromatic rings. The molecular formula is C19H23ClN4O2. The number of para-hydroxylation sites is 1. The van der Waals surface area contributed by atoms with Crippen LogP contribution in [0.2, 0.25) is 5.02 Å². The van der Waals surface area contributed by atoms with Crippen LogP contribution in [0, 0.1) is 0 Å². The highest BCUT2D eigenvalue weighted by molar-refractivity contribution is 6.30. The second-order valence-electron chi connectivity index (χ2n) is 6.39. The average Bonchev–Trinajstić information content (AvgIpc) is 2.65. The van der Waals surface area contributed by atoms with Crippen molar-refractivity contribution in [2.24, 2.45) is 0 Å². The normalized spacial score (nSPS) is 20.5. The van der Waals surface area contributed by atoms with E-state index in [0.717, 1.165) is 30.9 Å². The van der Waals surface area contributed by atoms with E-state index >= 15 is 0 Å². The van der Waals surface area contributed by atoms with Gasteiger partial charge in [-0.2, -0.15) is 0 Å². The number of likely N-dealkylation sites (tertiary alicyclic amines) is 1. The molecular weight excluding hydrogens is 352 g/mol. The number of carbonyl (C=O) groups excluding carboxylic acids is 1. The summed E-state index contributed by atoms with van der Waals surface area (Å²) in [6, 6.07) is 12.8. The summed E-state index contributed by atoms with van der Waals surface area (Å²) in [6.45, 7) is 2.28. The van der Waals surface area contributed by atoms with Crippen LogP contribution in [0.15, 0.2) is 48.7 Å². The van der Waals surface area contributed by atoms with E-state index in [1.807, 2.05) is 42.5 Å². The molecule has 26 heavy (non-hydrogen) atoms. The molecule has 6 nitrogen and oxygen atoms in total. The van der Waals surface area contributed by atoms with E-state index in [1.54, 1.807) is 6.20 Å². The number of amides is 2. The van der Waals surface area contributed by atoms with Gasteiger partial charge in [-0.15, -0.1) is 0 Å². The highest BCUT2D eigenvalue weighted by atomic mass is 35.5. The number of anilines is 1. The van der Waals surface area contributed by atoms with E-state index in [0.29, 0.717) is 11.6 Å². The molecule has 0 spiro atoms. The first-order valence-corrected chi connectivity index (χ1v) is 9.11. The summed E-state index contributed by atoms with van der Waals surface area (Å²) >= 11 is 5.95. The molecule has 0 saturated carbocycles. The third-order valence-electron chi connectivity index (χ3n) is 4.59. The van der Waals surface area contributed by atoms with Gasteiger partial charge in [-0.25, -0.2) is 4.79 Å². The molecule has 2 atom stereocenters. The largest absolute Gasteiger partial charge is 0.395 e. The van der Waals surface area contributed by atoms with E-state index in [1.165, 1.54) is 0 Å². The van der Waals surface area contributed by atoms with Crippen LogP contribution in [0.5, 0.6) is 0 Å². The summed E-state index contributed by atoms with van der Waals surface area (Å²) in [6.07, 6.45) is 2.42. The lowest BCUT2D eigenvalue weighted by atomic mass is 9.89. The Kier molecular flexibility index (Phi) is 6.44. The van der Waals surface area contributed by atoms with Crippen LogP contribution in [0.1, 0.15) is 18.0 Å². The zero-order valence-corrected chi connectivity index (χ0v) is 15.2. The standard InChI is InChI=1S/C19H23ClN4O2/c20-14-6-7-17(21-12-14)16-13-24(10-11-25)9-8-18(16)23-19(26)22-15-4-2-1-3-5-15/h1-7,12,16,18,25H,8-11,13H2,(H2,22,23,26). The number of aliphatic hydroxyl groups excluding tert-OH is 1. The van der Waals surface area contributed by atoms with Gasteiger partial charge < -0.3 is 20.6 Å². The van der Waals surface area contributed by atoms with E-state index in [2.05, 4.69) is 20.5 Å². The number of nitrogens with zero attached hydrogens (tertiary/aromatic N) is 2. The highest BCUT2D eigenvalue weighted by Crippen LogP contribution is 2.27. The van der Waals surface area contributed by atoms with Crippen molar-refractivity contribution in [3.8, 4) is 0 Å². The number of nitrogens with one attached hydrogen (secondary N) is 2. The van der Waals surface area contributed by atoms with E-state index in [4.69, 9.17) is 11.6 Å². The molecule has 138 valence electrons. The Bertz CT molecular complexity index is 711. The second kappa shape index (κ2) is 8.98. The fourth-order valence-corrected chi connectivity index (χ4v) is 3.41. The maximum Gasteiger partial charge on any atom is 0.319 e. The number of hydrogen-bond acceptors (Lipinski definition) is 4. The lowest BCUT2D eigenvalue weighted by Gasteiger charge is -2.38. The minimum atomic E-state index is -0.226.